The van der Waals surface area contributed by atoms with Crippen molar-refractivity contribution < 1.29 is 13.9 Å². The first-order chi connectivity index (χ1) is 6.16. The average Bonchev–Trinajstić information content (AvgIpc) is 2.12. The molecule has 1 aromatic rings. The Morgan fingerprint density at radius 3 is 2.77 bits per heavy atom. The molecule has 1 rings (SSSR count). The van der Waals surface area contributed by atoms with E-state index in [9.17, 15) is 4.39 Å². The second kappa shape index (κ2) is 4.76. The van der Waals surface area contributed by atoms with Gasteiger partial charge in [0.05, 0.1) is 3.57 Å². The summed E-state index contributed by atoms with van der Waals surface area (Å²) in [4.78, 5) is 0. The van der Waals surface area contributed by atoms with Crippen molar-refractivity contribution in [3.63, 3.8) is 0 Å². The number of rotatable bonds is 3. The maximum atomic E-state index is 13.1. The first-order valence-corrected chi connectivity index (χ1v) is 4.81. The molecule has 0 aliphatic carbocycles. The highest BCUT2D eigenvalue weighted by molar-refractivity contribution is 14.1. The number of benzene rings is 1. The summed E-state index contributed by atoms with van der Waals surface area (Å²) in [7, 11) is 1.53. The summed E-state index contributed by atoms with van der Waals surface area (Å²) in [6, 6.07) is 3.11. The molecule has 0 fully saturated rings. The molecule has 13 heavy (non-hydrogen) atoms. The minimum atomic E-state index is -0.266. The van der Waals surface area contributed by atoms with Crippen molar-refractivity contribution in [2.45, 2.75) is 6.92 Å². The molecular weight excluding hydrogens is 286 g/mol. The van der Waals surface area contributed by atoms with E-state index in [1.807, 2.05) is 29.5 Å². The van der Waals surface area contributed by atoms with Gasteiger partial charge in [-0.1, -0.05) is 6.07 Å². The predicted molar refractivity (Wildman–Crippen MR) is 56.4 cm³/mol. The van der Waals surface area contributed by atoms with Gasteiger partial charge in [-0.2, -0.15) is 0 Å². The molecule has 4 heteroatoms. The number of hydrogen-bond donors (Lipinski definition) is 0. The SMILES string of the molecule is COCOc1c(C)ccc(F)c1I. The molecule has 0 aliphatic rings. The molecule has 0 N–H and O–H groups in total. The highest BCUT2D eigenvalue weighted by Crippen LogP contribution is 2.27. The van der Waals surface area contributed by atoms with E-state index in [1.165, 1.54) is 13.2 Å². The zero-order valence-corrected chi connectivity index (χ0v) is 9.59. The quantitative estimate of drug-likeness (QED) is 0.631. The molecule has 0 aliphatic heterocycles. The van der Waals surface area contributed by atoms with Gasteiger partial charge in [0, 0.05) is 7.11 Å². The van der Waals surface area contributed by atoms with E-state index in [0.717, 1.165) is 5.56 Å². The molecule has 0 radical (unpaired) electrons. The van der Waals surface area contributed by atoms with E-state index >= 15 is 0 Å². The molecule has 1 aromatic carbocycles. The van der Waals surface area contributed by atoms with Gasteiger partial charge >= 0.3 is 0 Å². The van der Waals surface area contributed by atoms with Crippen LogP contribution in [0.5, 0.6) is 5.75 Å². The molecule has 2 nitrogen and oxygen atoms in total. The van der Waals surface area contributed by atoms with E-state index in [2.05, 4.69) is 0 Å². The first kappa shape index (κ1) is 10.7. The van der Waals surface area contributed by atoms with Crippen molar-refractivity contribution in [2.75, 3.05) is 13.9 Å². The highest BCUT2D eigenvalue weighted by atomic mass is 127. The normalized spacial score (nSPS) is 10.2. The third-order valence-electron chi connectivity index (χ3n) is 1.57. The highest BCUT2D eigenvalue weighted by Gasteiger charge is 2.09. The monoisotopic (exact) mass is 296 g/mol. The van der Waals surface area contributed by atoms with Crippen LogP contribution in [0.25, 0.3) is 0 Å². The summed E-state index contributed by atoms with van der Waals surface area (Å²) < 4.78 is 23.5. The molecule has 72 valence electrons. The van der Waals surface area contributed by atoms with Crippen molar-refractivity contribution in [3.05, 3.63) is 27.1 Å². The second-order valence-corrected chi connectivity index (χ2v) is 3.64. The van der Waals surface area contributed by atoms with Gasteiger partial charge in [0.25, 0.3) is 0 Å². The number of hydrogen-bond acceptors (Lipinski definition) is 2. The summed E-state index contributed by atoms with van der Waals surface area (Å²) >= 11 is 1.91. The van der Waals surface area contributed by atoms with Gasteiger partial charge in [-0.3, -0.25) is 0 Å². The summed E-state index contributed by atoms with van der Waals surface area (Å²) in [5, 5.41) is 0. The lowest BCUT2D eigenvalue weighted by Gasteiger charge is -2.10. The Kier molecular flexibility index (Phi) is 3.92. The van der Waals surface area contributed by atoms with Crippen LogP contribution in [0.2, 0.25) is 0 Å². The number of halogens is 2. The molecule has 0 spiro atoms. The van der Waals surface area contributed by atoms with Gasteiger partial charge in [-0.05, 0) is 41.1 Å². The van der Waals surface area contributed by atoms with E-state index in [-0.39, 0.29) is 12.6 Å². The fourth-order valence-corrected chi connectivity index (χ4v) is 1.68. The Morgan fingerprint density at radius 1 is 1.46 bits per heavy atom. The topological polar surface area (TPSA) is 18.5 Å². The average molecular weight is 296 g/mol. The summed E-state index contributed by atoms with van der Waals surface area (Å²) in [6.45, 7) is 2.01. The maximum Gasteiger partial charge on any atom is 0.188 e. The van der Waals surface area contributed by atoms with Gasteiger partial charge < -0.3 is 9.47 Å². The van der Waals surface area contributed by atoms with Crippen LogP contribution in [0.4, 0.5) is 4.39 Å². The lowest BCUT2D eigenvalue weighted by molar-refractivity contribution is 0.0497. The van der Waals surface area contributed by atoms with Gasteiger partial charge in [-0.25, -0.2) is 4.39 Å². The zero-order chi connectivity index (χ0) is 9.84. The zero-order valence-electron chi connectivity index (χ0n) is 7.43. The standard InChI is InChI=1S/C9H10FIO2/c1-6-3-4-7(10)8(11)9(6)13-5-12-2/h3-4H,5H2,1-2H3. The van der Waals surface area contributed by atoms with E-state index in [0.29, 0.717) is 9.32 Å². The minimum Gasteiger partial charge on any atom is -0.466 e. The number of aryl methyl sites for hydroxylation is 1. The van der Waals surface area contributed by atoms with Gasteiger partial charge in [0.15, 0.2) is 6.79 Å². The smallest absolute Gasteiger partial charge is 0.188 e. The van der Waals surface area contributed by atoms with Crippen LogP contribution in [-0.4, -0.2) is 13.9 Å². The molecule has 0 amide bonds. The molecule has 0 aromatic heterocycles. The summed E-state index contributed by atoms with van der Waals surface area (Å²) in [5.41, 5.74) is 0.905. The van der Waals surface area contributed by atoms with Crippen molar-refractivity contribution in [1.82, 2.24) is 0 Å². The Bertz CT molecular complexity index is 302. The fraction of sp³-hybridized carbons (Fsp3) is 0.333. The molecule has 0 saturated carbocycles. The van der Waals surface area contributed by atoms with Crippen LogP contribution in [0, 0.1) is 16.3 Å². The van der Waals surface area contributed by atoms with Crippen molar-refractivity contribution in [2.24, 2.45) is 0 Å². The lowest BCUT2D eigenvalue weighted by Crippen LogP contribution is -2.03. The third-order valence-corrected chi connectivity index (χ3v) is 2.57. The van der Waals surface area contributed by atoms with Crippen LogP contribution in [0.15, 0.2) is 12.1 Å². The van der Waals surface area contributed by atoms with Crippen molar-refractivity contribution >= 4 is 22.6 Å². The summed E-state index contributed by atoms with van der Waals surface area (Å²) in [6.07, 6.45) is 0. The molecule has 0 heterocycles. The van der Waals surface area contributed by atoms with E-state index in [4.69, 9.17) is 9.47 Å². The van der Waals surface area contributed by atoms with Crippen molar-refractivity contribution in [3.8, 4) is 5.75 Å². The van der Waals surface area contributed by atoms with Crippen molar-refractivity contribution in [1.29, 1.82) is 0 Å². The molecule has 0 saturated heterocycles. The Morgan fingerprint density at radius 2 is 2.15 bits per heavy atom. The largest absolute Gasteiger partial charge is 0.466 e. The van der Waals surface area contributed by atoms with Gasteiger partial charge in [0.2, 0.25) is 0 Å². The Balaban J connectivity index is 2.96. The lowest BCUT2D eigenvalue weighted by atomic mass is 10.2. The van der Waals surface area contributed by atoms with E-state index in [1.54, 1.807) is 6.07 Å². The molecule has 0 unspecified atom stereocenters. The number of methoxy groups -OCH3 is 1. The summed E-state index contributed by atoms with van der Waals surface area (Å²) in [5.74, 6) is 0.291. The first-order valence-electron chi connectivity index (χ1n) is 3.73. The van der Waals surface area contributed by atoms with Crippen LogP contribution < -0.4 is 4.74 Å². The van der Waals surface area contributed by atoms with Gasteiger partial charge in [0.1, 0.15) is 11.6 Å². The minimum absolute atomic E-state index is 0.139. The van der Waals surface area contributed by atoms with Crippen LogP contribution in [0.1, 0.15) is 5.56 Å². The fourth-order valence-electron chi connectivity index (χ4n) is 0.924. The van der Waals surface area contributed by atoms with Gasteiger partial charge in [-0.15, -0.1) is 0 Å². The number of ether oxygens (including phenoxy) is 2. The van der Waals surface area contributed by atoms with Crippen LogP contribution >= 0.6 is 22.6 Å². The van der Waals surface area contributed by atoms with Crippen LogP contribution in [0.3, 0.4) is 0 Å². The maximum absolute atomic E-state index is 13.1. The Hall–Kier alpha value is -0.360. The Labute approximate surface area is 90.2 Å². The second-order valence-electron chi connectivity index (χ2n) is 2.56. The molecular formula is C9H10FIO2. The van der Waals surface area contributed by atoms with E-state index < -0.39 is 0 Å². The predicted octanol–water partition coefficient (Wildman–Crippen LogP) is 2.72. The molecule has 0 atom stereocenters. The molecule has 0 bridgehead atoms. The third kappa shape index (κ3) is 2.54. The van der Waals surface area contributed by atoms with Crippen LogP contribution in [-0.2, 0) is 4.74 Å².